The van der Waals surface area contributed by atoms with Gasteiger partial charge in [-0.05, 0) is 37.4 Å². The predicted octanol–water partition coefficient (Wildman–Crippen LogP) is 3.40. The van der Waals surface area contributed by atoms with E-state index in [2.05, 4.69) is 5.32 Å². The van der Waals surface area contributed by atoms with Gasteiger partial charge < -0.3 is 10.4 Å². The highest BCUT2D eigenvalue weighted by Crippen LogP contribution is 2.29. The van der Waals surface area contributed by atoms with Crippen LogP contribution in [-0.2, 0) is 4.79 Å². The smallest absolute Gasteiger partial charge is 0.306 e. The quantitative estimate of drug-likeness (QED) is 0.598. The van der Waals surface area contributed by atoms with Crippen molar-refractivity contribution in [3.8, 4) is 0 Å². The van der Waals surface area contributed by atoms with E-state index in [0.717, 1.165) is 44.5 Å². The van der Waals surface area contributed by atoms with Crippen LogP contribution in [0.5, 0.6) is 0 Å². The maximum atomic E-state index is 13.4. The first-order valence-corrected chi connectivity index (χ1v) is 8.48. The molecule has 1 fully saturated rings. The summed E-state index contributed by atoms with van der Waals surface area (Å²) in [7, 11) is 0. The second kappa shape index (κ2) is 8.39. The molecule has 1 aliphatic rings. The Kier molecular flexibility index (Phi) is 6.51. The van der Waals surface area contributed by atoms with Crippen molar-refractivity contribution in [2.45, 2.75) is 30.6 Å². The predicted molar refractivity (Wildman–Crippen MR) is 83.1 cm³/mol. The van der Waals surface area contributed by atoms with Crippen LogP contribution in [0.15, 0.2) is 29.2 Å². The zero-order valence-electron chi connectivity index (χ0n) is 12.1. The highest BCUT2D eigenvalue weighted by atomic mass is 32.2. The van der Waals surface area contributed by atoms with Gasteiger partial charge in [0.1, 0.15) is 5.82 Å². The first-order valence-electron chi connectivity index (χ1n) is 7.49. The Labute approximate surface area is 129 Å². The lowest BCUT2D eigenvalue weighted by atomic mass is 9.79. The molecule has 0 radical (unpaired) electrons. The van der Waals surface area contributed by atoms with E-state index in [-0.39, 0.29) is 17.7 Å². The lowest BCUT2D eigenvalue weighted by Gasteiger charge is -2.28. The maximum Gasteiger partial charge on any atom is 0.306 e. The lowest BCUT2D eigenvalue weighted by molar-refractivity contribution is -0.144. The fraction of sp³-hybridized carbons (Fsp3) is 0.562. The second-order valence-corrected chi connectivity index (χ2v) is 6.61. The van der Waals surface area contributed by atoms with Crippen molar-refractivity contribution < 1.29 is 14.3 Å². The SMILES string of the molecule is O=C(O)C1CCCCC1CNCCSc1ccccc1F. The van der Waals surface area contributed by atoms with E-state index in [9.17, 15) is 14.3 Å². The minimum absolute atomic E-state index is 0.180. The number of rotatable bonds is 7. The van der Waals surface area contributed by atoms with Crippen LogP contribution >= 0.6 is 11.8 Å². The average Bonchev–Trinajstić information content (AvgIpc) is 2.49. The summed E-state index contributed by atoms with van der Waals surface area (Å²) in [6.07, 6.45) is 3.94. The molecule has 5 heteroatoms. The van der Waals surface area contributed by atoms with E-state index in [0.29, 0.717) is 4.90 Å². The molecule has 3 nitrogen and oxygen atoms in total. The molecule has 1 aliphatic carbocycles. The van der Waals surface area contributed by atoms with Crippen molar-refractivity contribution in [2.24, 2.45) is 11.8 Å². The minimum Gasteiger partial charge on any atom is -0.481 e. The van der Waals surface area contributed by atoms with Gasteiger partial charge in [-0.15, -0.1) is 11.8 Å². The number of carboxylic acids is 1. The summed E-state index contributed by atoms with van der Waals surface area (Å²) in [5.41, 5.74) is 0. The molecule has 116 valence electrons. The molecular weight excluding hydrogens is 289 g/mol. The van der Waals surface area contributed by atoms with Crippen molar-refractivity contribution in [1.29, 1.82) is 0 Å². The monoisotopic (exact) mass is 311 g/mol. The van der Waals surface area contributed by atoms with Gasteiger partial charge in [0.2, 0.25) is 0 Å². The summed E-state index contributed by atoms with van der Waals surface area (Å²) in [6.45, 7) is 1.51. The van der Waals surface area contributed by atoms with Crippen LogP contribution in [-0.4, -0.2) is 29.9 Å². The van der Waals surface area contributed by atoms with E-state index < -0.39 is 5.97 Å². The Morgan fingerprint density at radius 3 is 2.86 bits per heavy atom. The molecule has 0 aliphatic heterocycles. The number of halogens is 1. The van der Waals surface area contributed by atoms with Gasteiger partial charge >= 0.3 is 5.97 Å². The number of benzene rings is 1. The summed E-state index contributed by atoms with van der Waals surface area (Å²) in [5.74, 6) is -0.0334. The van der Waals surface area contributed by atoms with Gasteiger partial charge in [-0.1, -0.05) is 25.0 Å². The molecule has 0 amide bonds. The van der Waals surface area contributed by atoms with Crippen molar-refractivity contribution in [2.75, 3.05) is 18.8 Å². The highest BCUT2D eigenvalue weighted by molar-refractivity contribution is 7.99. The van der Waals surface area contributed by atoms with Crippen LogP contribution in [0.4, 0.5) is 4.39 Å². The first-order chi connectivity index (χ1) is 10.2. The maximum absolute atomic E-state index is 13.4. The van der Waals surface area contributed by atoms with Gasteiger partial charge in [0.25, 0.3) is 0 Å². The molecule has 0 saturated heterocycles. The van der Waals surface area contributed by atoms with E-state index in [1.54, 1.807) is 12.1 Å². The number of thioether (sulfide) groups is 1. The summed E-state index contributed by atoms with van der Waals surface area (Å²) in [6, 6.07) is 6.77. The topological polar surface area (TPSA) is 49.3 Å². The molecule has 1 aromatic rings. The van der Waals surface area contributed by atoms with Gasteiger partial charge in [-0.25, -0.2) is 4.39 Å². The zero-order valence-corrected chi connectivity index (χ0v) is 12.9. The standard InChI is InChI=1S/C16H22FNO2S/c17-14-7-3-4-8-15(14)21-10-9-18-11-12-5-1-2-6-13(12)16(19)20/h3-4,7-8,12-13,18H,1-2,5-6,9-11H2,(H,19,20). The van der Waals surface area contributed by atoms with Crippen molar-refractivity contribution in [1.82, 2.24) is 5.32 Å². The molecule has 0 bridgehead atoms. The minimum atomic E-state index is -0.665. The lowest BCUT2D eigenvalue weighted by Crippen LogP contribution is -2.35. The van der Waals surface area contributed by atoms with Gasteiger partial charge in [0.15, 0.2) is 0 Å². The number of carbonyl (C=O) groups is 1. The molecule has 0 aromatic heterocycles. The van der Waals surface area contributed by atoms with Crippen molar-refractivity contribution in [3.05, 3.63) is 30.1 Å². The fourth-order valence-electron chi connectivity index (χ4n) is 2.86. The Morgan fingerprint density at radius 2 is 2.10 bits per heavy atom. The molecule has 2 atom stereocenters. The van der Waals surface area contributed by atoms with Crippen LogP contribution in [0.3, 0.4) is 0 Å². The molecule has 1 saturated carbocycles. The number of nitrogens with one attached hydrogen (secondary N) is 1. The van der Waals surface area contributed by atoms with Crippen LogP contribution in [0, 0.1) is 17.7 Å². The third kappa shape index (κ3) is 5.00. The Hall–Kier alpha value is -1.07. The van der Waals surface area contributed by atoms with Gasteiger partial charge in [0.05, 0.1) is 5.92 Å². The third-order valence-electron chi connectivity index (χ3n) is 4.01. The number of hydrogen-bond donors (Lipinski definition) is 2. The molecule has 21 heavy (non-hydrogen) atoms. The largest absolute Gasteiger partial charge is 0.481 e. The molecule has 0 heterocycles. The second-order valence-electron chi connectivity index (χ2n) is 5.47. The Bertz CT molecular complexity index is 469. The van der Waals surface area contributed by atoms with E-state index in [1.807, 2.05) is 6.07 Å². The summed E-state index contributed by atoms with van der Waals surface area (Å²) < 4.78 is 13.4. The molecule has 1 aromatic carbocycles. The number of carboxylic acid groups (broad SMARTS) is 1. The van der Waals surface area contributed by atoms with Crippen LogP contribution in [0.25, 0.3) is 0 Å². The number of hydrogen-bond acceptors (Lipinski definition) is 3. The van der Waals surface area contributed by atoms with Crippen LogP contribution in [0.1, 0.15) is 25.7 Å². The Morgan fingerprint density at radius 1 is 1.33 bits per heavy atom. The number of aliphatic carboxylic acids is 1. The molecule has 2 unspecified atom stereocenters. The molecule has 2 N–H and O–H groups in total. The van der Waals surface area contributed by atoms with Crippen molar-refractivity contribution >= 4 is 17.7 Å². The van der Waals surface area contributed by atoms with Crippen LogP contribution in [0.2, 0.25) is 0 Å². The zero-order chi connectivity index (χ0) is 15.1. The summed E-state index contributed by atoms with van der Waals surface area (Å²) in [5, 5.41) is 12.5. The fourth-order valence-corrected chi connectivity index (χ4v) is 3.71. The molecule has 0 spiro atoms. The van der Waals surface area contributed by atoms with E-state index in [4.69, 9.17) is 0 Å². The third-order valence-corrected chi connectivity index (χ3v) is 5.06. The molecular formula is C16H22FNO2S. The van der Waals surface area contributed by atoms with Crippen molar-refractivity contribution in [3.63, 3.8) is 0 Å². The highest BCUT2D eigenvalue weighted by Gasteiger charge is 2.30. The van der Waals surface area contributed by atoms with Gasteiger partial charge in [0, 0.05) is 17.2 Å². The Balaban J connectivity index is 1.67. The van der Waals surface area contributed by atoms with Gasteiger partial charge in [-0.2, -0.15) is 0 Å². The first kappa shape index (κ1) is 16.3. The summed E-state index contributed by atoms with van der Waals surface area (Å²) in [4.78, 5) is 11.9. The average molecular weight is 311 g/mol. The summed E-state index contributed by atoms with van der Waals surface area (Å²) >= 11 is 1.49. The van der Waals surface area contributed by atoms with E-state index in [1.165, 1.54) is 17.8 Å². The van der Waals surface area contributed by atoms with Gasteiger partial charge in [-0.3, -0.25) is 4.79 Å². The van der Waals surface area contributed by atoms with Crippen LogP contribution < -0.4 is 5.32 Å². The van der Waals surface area contributed by atoms with E-state index >= 15 is 0 Å². The normalized spacial score (nSPS) is 22.1. The molecule has 2 rings (SSSR count).